The minimum absolute atomic E-state index is 0.145. The van der Waals surface area contributed by atoms with Crippen molar-refractivity contribution in [2.24, 2.45) is 11.7 Å². The van der Waals surface area contributed by atoms with E-state index in [2.05, 4.69) is 20.6 Å². The van der Waals surface area contributed by atoms with Gasteiger partial charge in [0, 0.05) is 22.7 Å². The summed E-state index contributed by atoms with van der Waals surface area (Å²) in [6.07, 6.45) is 4.26. The lowest BCUT2D eigenvalue weighted by atomic mass is 9.91. The Bertz CT molecular complexity index is 986. The first-order chi connectivity index (χ1) is 14.4. The van der Waals surface area contributed by atoms with Crippen LogP contribution in [0.2, 0.25) is 0 Å². The maximum Gasteiger partial charge on any atom is 0.309 e. The molecule has 2 amide bonds. The molecule has 4 rings (SSSR count). The maximum atomic E-state index is 12.4. The SMILES string of the molecule is CC(=O)Nc1nc2c(s1)CC(C(=O)OCC(=O)Nc1nc3c(s1)CC(N)CC3)CC2. The maximum absolute atomic E-state index is 12.4. The number of carbonyl (C=O) groups excluding carboxylic acids is 3. The molecular weight excluding hydrogens is 426 g/mol. The number of hydrogen-bond acceptors (Lipinski definition) is 9. The first-order valence-electron chi connectivity index (χ1n) is 9.84. The molecule has 0 fully saturated rings. The first-order valence-corrected chi connectivity index (χ1v) is 11.5. The zero-order valence-corrected chi connectivity index (χ0v) is 18.2. The summed E-state index contributed by atoms with van der Waals surface area (Å²) in [5.74, 6) is -1.28. The van der Waals surface area contributed by atoms with Crippen LogP contribution in [0.5, 0.6) is 0 Å². The number of nitrogens with one attached hydrogen (secondary N) is 2. The van der Waals surface area contributed by atoms with Crippen molar-refractivity contribution in [1.82, 2.24) is 9.97 Å². The number of aromatic nitrogens is 2. The number of esters is 1. The summed E-state index contributed by atoms with van der Waals surface area (Å²) in [5, 5.41) is 6.46. The van der Waals surface area contributed by atoms with Crippen LogP contribution in [0, 0.1) is 5.92 Å². The van der Waals surface area contributed by atoms with E-state index in [0.717, 1.165) is 40.4 Å². The van der Waals surface area contributed by atoms with E-state index in [1.54, 1.807) is 0 Å². The highest BCUT2D eigenvalue weighted by Crippen LogP contribution is 2.33. The molecule has 4 N–H and O–H groups in total. The smallest absolute Gasteiger partial charge is 0.309 e. The van der Waals surface area contributed by atoms with Crippen LogP contribution in [0.25, 0.3) is 0 Å². The van der Waals surface area contributed by atoms with Crippen molar-refractivity contribution < 1.29 is 19.1 Å². The fourth-order valence-electron chi connectivity index (χ4n) is 3.64. The Labute approximate surface area is 181 Å². The van der Waals surface area contributed by atoms with Crippen molar-refractivity contribution in [3.8, 4) is 0 Å². The molecule has 2 aliphatic carbocycles. The summed E-state index contributed by atoms with van der Waals surface area (Å²) in [7, 11) is 0. The molecule has 2 heterocycles. The van der Waals surface area contributed by atoms with Crippen molar-refractivity contribution in [1.29, 1.82) is 0 Å². The second-order valence-electron chi connectivity index (χ2n) is 7.56. The molecule has 0 saturated heterocycles. The highest BCUT2D eigenvalue weighted by Gasteiger charge is 2.29. The van der Waals surface area contributed by atoms with Crippen LogP contribution in [0.3, 0.4) is 0 Å². The van der Waals surface area contributed by atoms with Gasteiger partial charge < -0.3 is 15.8 Å². The van der Waals surface area contributed by atoms with Gasteiger partial charge in [0.15, 0.2) is 16.9 Å². The van der Waals surface area contributed by atoms with Gasteiger partial charge in [-0.25, -0.2) is 9.97 Å². The fourth-order valence-corrected chi connectivity index (χ4v) is 5.90. The van der Waals surface area contributed by atoms with E-state index < -0.39 is 11.9 Å². The summed E-state index contributed by atoms with van der Waals surface area (Å²) < 4.78 is 5.24. The summed E-state index contributed by atoms with van der Waals surface area (Å²) in [6, 6.07) is 0.145. The summed E-state index contributed by atoms with van der Waals surface area (Å²) in [6.45, 7) is 1.09. The Balaban J connectivity index is 1.27. The molecule has 2 aromatic rings. The van der Waals surface area contributed by atoms with E-state index in [4.69, 9.17) is 10.5 Å². The monoisotopic (exact) mass is 449 g/mol. The van der Waals surface area contributed by atoms with Crippen LogP contribution < -0.4 is 16.4 Å². The van der Waals surface area contributed by atoms with Gasteiger partial charge >= 0.3 is 5.97 Å². The number of thiazole rings is 2. The number of nitrogens with zero attached hydrogens (tertiary/aromatic N) is 2. The molecule has 30 heavy (non-hydrogen) atoms. The molecule has 0 spiro atoms. The van der Waals surface area contributed by atoms with E-state index in [1.807, 2.05) is 0 Å². The molecule has 0 aromatic carbocycles. The number of amides is 2. The first kappa shape index (κ1) is 20.9. The predicted octanol–water partition coefficient (Wildman–Crippen LogP) is 1.66. The number of carbonyl (C=O) groups is 3. The van der Waals surface area contributed by atoms with Gasteiger partial charge in [0.2, 0.25) is 5.91 Å². The van der Waals surface area contributed by atoms with Gasteiger partial charge in [-0.05, 0) is 38.5 Å². The largest absolute Gasteiger partial charge is 0.455 e. The van der Waals surface area contributed by atoms with E-state index in [0.29, 0.717) is 29.5 Å². The van der Waals surface area contributed by atoms with Crippen LogP contribution in [0.15, 0.2) is 0 Å². The lowest BCUT2D eigenvalue weighted by molar-refractivity contribution is -0.151. The van der Waals surface area contributed by atoms with E-state index in [-0.39, 0.29) is 24.5 Å². The van der Waals surface area contributed by atoms with Crippen molar-refractivity contribution >= 4 is 50.7 Å². The molecule has 2 aliphatic rings. The average Bonchev–Trinajstić information content (AvgIpc) is 3.26. The lowest BCUT2D eigenvalue weighted by Gasteiger charge is -2.19. The van der Waals surface area contributed by atoms with Crippen molar-refractivity contribution in [3.63, 3.8) is 0 Å². The van der Waals surface area contributed by atoms with E-state index >= 15 is 0 Å². The number of nitrogens with two attached hydrogens (primary N) is 1. The van der Waals surface area contributed by atoms with Crippen LogP contribution in [-0.4, -0.2) is 40.4 Å². The number of rotatable bonds is 5. The topological polar surface area (TPSA) is 136 Å². The molecule has 160 valence electrons. The van der Waals surface area contributed by atoms with Crippen molar-refractivity contribution in [2.45, 2.75) is 51.5 Å². The van der Waals surface area contributed by atoms with Crippen LogP contribution in [0.1, 0.15) is 40.9 Å². The molecule has 2 aromatic heterocycles. The molecule has 9 nitrogen and oxygen atoms in total. The third kappa shape index (κ3) is 4.85. The highest BCUT2D eigenvalue weighted by atomic mass is 32.1. The van der Waals surface area contributed by atoms with E-state index in [9.17, 15) is 14.4 Å². The standard InChI is InChI=1S/C19H23N5O4S2/c1-9(25)21-18-22-12-4-2-10(6-14(12)29-18)17(27)28-8-16(26)24-19-23-13-5-3-11(20)7-15(13)30-19/h10-11H,2-8,20H2,1H3,(H,21,22,25)(H,23,24,26). The predicted molar refractivity (Wildman–Crippen MR) is 114 cm³/mol. The van der Waals surface area contributed by atoms with Gasteiger partial charge in [0.1, 0.15) is 0 Å². The third-order valence-electron chi connectivity index (χ3n) is 5.13. The van der Waals surface area contributed by atoms with Gasteiger partial charge in [-0.2, -0.15) is 0 Å². The van der Waals surface area contributed by atoms with Gasteiger partial charge in [0.05, 0.1) is 17.3 Å². The van der Waals surface area contributed by atoms with Crippen LogP contribution >= 0.6 is 22.7 Å². The summed E-state index contributed by atoms with van der Waals surface area (Å²) >= 11 is 2.81. The summed E-state index contributed by atoms with van der Waals surface area (Å²) in [5.41, 5.74) is 7.89. The Morgan fingerprint density at radius 3 is 2.37 bits per heavy atom. The Kier molecular flexibility index (Phi) is 6.11. The van der Waals surface area contributed by atoms with Crippen LogP contribution in [-0.2, 0) is 44.8 Å². The molecule has 2 atom stereocenters. The molecule has 0 bridgehead atoms. The number of aryl methyl sites for hydroxylation is 2. The number of fused-ring (bicyclic) bond motifs is 2. The fraction of sp³-hybridized carbons (Fsp3) is 0.526. The second kappa shape index (κ2) is 8.78. The Hall–Kier alpha value is -2.37. The minimum atomic E-state index is -0.402. The van der Waals surface area contributed by atoms with Gasteiger partial charge in [-0.1, -0.05) is 0 Å². The zero-order valence-electron chi connectivity index (χ0n) is 16.5. The lowest BCUT2D eigenvalue weighted by Crippen LogP contribution is -2.28. The van der Waals surface area contributed by atoms with E-state index in [1.165, 1.54) is 29.6 Å². The average molecular weight is 450 g/mol. The van der Waals surface area contributed by atoms with Crippen molar-refractivity contribution in [3.05, 3.63) is 21.1 Å². The molecule has 0 saturated carbocycles. The van der Waals surface area contributed by atoms with Crippen molar-refractivity contribution in [2.75, 3.05) is 17.2 Å². The molecule has 11 heteroatoms. The van der Waals surface area contributed by atoms with Gasteiger partial charge in [-0.15, -0.1) is 22.7 Å². The van der Waals surface area contributed by atoms with Gasteiger partial charge in [0.25, 0.3) is 5.91 Å². The minimum Gasteiger partial charge on any atom is -0.455 e. The molecule has 2 unspecified atom stereocenters. The normalized spacial score (nSPS) is 20.1. The molecule has 0 aliphatic heterocycles. The molecular formula is C19H23N5O4S2. The summed E-state index contributed by atoms with van der Waals surface area (Å²) in [4.78, 5) is 46.7. The van der Waals surface area contributed by atoms with Crippen LogP contribution in [0.4, 0.5) is 10.3 Å². The third-order valence-corrected chi connectivity index (χ3v) is 7.20. The quantitative estimate of drug-likeness (QED) is 0.591. The second-order valence-corrected chi connectivity index (χ2v) is 9.72. The number of ether oxygens (including phenoxy) is 1. The van der Waals surface area contributed by atoms with Gasteiger partial charge in [-0.3, -0.25) is 19.7 Å². The number of hydrogen-bond donors (Lipinski definition) is 3. The number of anilines is 2. The Morgan fingerprint density at radius 2 is 1.67 bits per heavy atom. The molecule has 0 radical (unpaired) electrons. The highest BCUT2D eigenvalue weighted by molar-refractivity contribution is 7.16. The Morgan fingerprint density at radius 1 is 1.03 bits per heavy atom. The zero-order chi connectivity index (χ0) is 21.3.